The van der Waals surface area contributed by atoms with Gasteiger partial charge in [-0.05, 0) is 56.2 Å². The van der Waals surface area contributed by atoms with Gasteiger partial charge in [0, 0.05) is 43.6 Å². The fraction of sp³-hybridized carbons (Fsp3) is 0.458. The van der Waals surface area contributed by atoms with Crippen molar-refractivity contribution >= 4 is 32.8 Å². The Hall–Kier alpha value is -2.98. The van der Waals surface area contributed by atoms with Gasteiger partial charge >= 0.3 is 0 Å². The van der Waals surface area contributed by atoms with Crippen LogP contribution in [-0.2, 0) is 14.8 Å². The molecular weight excluding hydrogens is 452 g/mol. The number of aromatic amines is 1. The number of nitrogens with zero attached hydrogens (tertiary/aromatic N) is 3. The summed E-state index contributed by atoms with van der Waals surface area (Å²) in [6.07, 6.45) is 7.85. The molecule has 4 rings (SSSR count). The largest absolute Gasteiger partial charge is 0.356 e. The van der Waals surface area contributed by atoms with Gasteiger partial charge in [0.05, 0.1) is 5.52 Å². The molecule has 0 saturated carbocycles. The Morgan fingerprint density at radius 2 is 2.06 bits per heavy atom. The molecule has 182 valence electrons. The predicted octanol–water partition coefficient (Wildman–Crippen LogP) is 3.06. The van der Waals surface area contributed by atoms with Gasteiger partial charge in [-0.2, -0.15) is 4.72 Å². The van der Waals surface area contributed by atoms with Crippen LogP contribution in [0.2, 0.25) is 0 Å². The van der Waals surface area contributed by atoms with Crippen LogP contribution in [-0.4, -0.2) is 59.9 Å². The van der Waals surface area contributed by atoms with Crippen molar-refractivity contribution in [1.29, 1.82) is 0 Å². The number of piperidine rings is 1. The molecule has 1 aliphatic rings. The highest BCUT2D eigenvalue weighted by molar-refractivity contribution is 7.89. The van der Waals surface area contributed by atoms with Gasteiger partial charge in [0.25, 0.3) is 0 Å². The van der Waals surface area contributed by atoms with E-state index in [0.717, 1.165) is 23.8 Å². The van der Waals surface area contributed by atoms with Crippen molar-refractivity contribution < 1.29 is 13.2 Å². The summed E-state index contributed by atoms with van der Waals surface area (Å²) in [5.41, 5.74) is 1.35. The SMILES string of the molecule is Cc1cnc2c(S(=O)(=O)N[C@@H](CCCNc3ncc[nH]3)C(=O)N3CCC(C)CC3)cccc2c1. The number of H-pyrrole nitrogens is 1. The van der Waals surface area contributed by atoms with Gasteiger partial charge < -0.3 is 15.2 Å². The number of hydrogen-bond donors (Lipinski definition) is 3. The highest BCUT2D eigenvalue weighted by Crippen LogP contribution is 2.23. The summed E-state index contributed by atoms with van der Waals surface area (Å²) in [5.74, 6) is 1.05. The molecule has 3 N–H and O–H groups in total. The van der Waals surface area contributed by atoms with Gasteiger partial charge in [-0.3, -0.25) is 9.78 Å². The quantitative estimate of drug-likeness (QED) is 0.402. The molecule has 3 aromatic rings. The Morgan fingerprint density at radius 3 is 2.79 bits per heavy atom. The molecule has 1 saturated heterocycles. The number of para-hydroxylation sites is 1. The molecule has 10 heteroatoms. The van der Waals surface area contributed by atoms with E-state index in [4.69, 9.17) is 0 Å². The molecule has 2 aromatic heterocycles. The molecule has 0 spiro atoms. The van der Waals surface area contributed by atoms with Crippen molar-refractivity contribution in [1.82, 2.24) is 24.6 Å². The van der Waals surface area contributed by atoms with Gasteiger partial charge in [-0.15, -0.1) is 0 Å². The third kappa shape index (κ3) is 5.74. The van der Waals surface area contributed by atoms with Crippen LogP contribution in [0.4, 0.5) is 5.95 Å². The van der Waals surface area contributed by atoms with Crippen molar-refractivity contribution in [3.8, 4) is 0 Å². The molecule has 0 aliphatic carbocycles. The molecule has 0 unspecified atom stereocenters. The maximum atomic E-state index is 13.4. The van der Waals surface area contributed by atoms with Crippen molar-refractivity contribution in [3.05, 3.63) is 48.4 Å². The summed E-state index contributed by atoms with van der Waals surface area (Å²) in [4.78, 5) is 26.7. The number of aromatic nitrogens is 3. The Morgan fingerprint density at radius 1 is 1.26 bits per heavy atom. The van der Waals surface area contributed by atoms with Crippen LogP contribution in [0.25, 0.3) is 10.9 Å². The van der Waals surface area contributed by atoms with Crippen molar-refractivity contribution in [2.75, 3.05) is 25.0 Å². The fourth-order valence-corrected chi connectivity index (χ4v) is 5.67. The number of amides is 1. The van der Waals surface area contributed by atoms with E-state index in [1.165, 1.54) is 6.07 Å². The molecule has 1 fully saturated rings. The first-order chi connectivity index (χ1) is 16.3. The number of rotatable bonds is 9. The molecule has 1 amide bonds. The molecule has 0 bridgehead atoms. The maximum absolute atomic E-state index is 13.4. The highest BCUT2D eigenvalue weighted by atomic mass is 32.2. The van der Waals surface area contributed by atoms with Gasteiger partial charge in [-0.1, -0.05) is 19.1 Å². The lowest BCUT2D eigenvalue weighted by Gasteiger charge is -2.33. The lowest BCUT2D eigenvalue weighted by molar-refractivity contribution is -0.134. The van der Waals surface area contributed by atoms with Crippen LogP contribution in [0.15, 0.2) is 47.8 Å². The average molecular weight is 485 g/mol. The molecule has 3 heterocycles. The molecule has 1 aromatic carbocycles. The summed E-state index contributed by atoms with van der Waals surface area (Å²) < 4.78 is 29.6. The van der Waals surface area contributed by atoms with Gasteiger partial charge in [-0.25, -0.2) is 13.4 Å². The average Bonchev–Trinajstić information content (AvgIpc) is 3.34. The van der Waals surface area contributed by atoms with E-state index in [2.05, 4.69) is 31.9 Å². The number of carbonyl (C=O) groups is 1. The zero-order valence-electron chi connectivity index (χ0n) is 19.6. The first-order valence-corrected chi connectivity index (χ1v) is 13.2. The second-order valence-electron chi connectivity index (χ2n) is 9.03. The third-order valence-electron chi connectivity index (χ3n) is 6.25. The number of sulfonamides is 1. The van der Waals surface area contributed by atoms with E-state index in [0.29, 0.717) is 49.9 Å². The second-order valence-corrected chi connectivity index (χ2v) is 10.7. The lowest BCUT2D eigenvalue weighted by atomic mass is 9.98. The Kier molecular flexibility index (Phi) is 7.47. The number of benzene rings is 1. The molecule has 0 radical (unpaired) electrons. The molecule has 9 nitrogen and oxygen atoms in total. The summed E-state index contributed by atoms with van der Waals surface area (Å²) in [6, 6.07) is 6.13. The standard InChI is InChI=1S/C24H32N6O3S/c1-17-8-13-30(14-9-17)23(31)20(6-4-10-25-24-26-11-12-27-24)29-34(32,33)21-7-3-5-19-15-18(2)16-28-22(19)21/h3,5,7,11-12,15-17,20,29H,4,6,8-10,13-14H2,1-2H3,(H2,25,26,27)/t20-/m0/s1. The first-order valence-electron chi connectivity index (χ1n) is 11.7. The van der Waals surface area contributed by atoms with E-state index < -0.39 is 16.1 Å². The smallest absolute Gasteiger partial charge is 0.243 e. The first kappa shape index (κ1) is 24.2. The fourth-order valence-electron chi connectivity index (χ4n) is 4.27. The number of imidazole rings is 1. The van der Waals surface area contributed by atoms with Crippen LogP contribution in [0.3, 0.4) is 0 Å². The Balaban J connectivity index is 1.53. The summed E-state index contributed by atoms with van der Waals surface area (Å²) in [6.45, 7) is 5.95. The summed E-state index contributed by atoms with van der Waals surface area (Å²) in [5, 5.41) is 3.90. The molecular formula is C24H32N6O3S. The van der Waals surface area contributed by atoms with E-state index in [1.54, 1.807) is 29.6 Å². The molecule has 1 atom stereocenters. The number of hydrogen-bond acceptors (Lipinski definition) is 6. The second kappa shape index (κ2) is 10.5. The van der Waals surface area contributed by atoms with Gasteiger partial charge in [0.15, 0.2) is 5.95 Å². The van der Waals surface area contributed by atoms with Crippen molar-refractivity contribution in [2.45, 2.75) is 50.5 Å². The third-order valence-corrected chi connectivity index (χ3v) is 7.75. The number of nitrogens with one attached hydrogen (secondary N) is 3. The number of likely N-dealkylation sites (tertiary alicyclic amines) is 1. The topological polar surface area (TPSA) is 120 Å². The van der Waals surface area contributed by atoms with E-state index in [-0.39, 0.29) is 10.8 Å². The highest BCUT2D eigenvalue weighted by Gasteiger charge is 2.31. The predicted molar refractivity (Wildman–Crippen MR) is 132 cm³/mol. The Labute approximate surface area is 200 Å². The van der Waals surface area contributed by atoms with Crippen LogP contribution in [0.5, 0.6) is 0 Å². The van der Waals surface area contributed by atoms with Gasteiger partial charge in [0.1, 0.15) is 10.9 Å². The number of anilines is 1. The number of carbonyl (C=O) groups excluding carboxylic acids is 1. The summed E-state index contributed by atoms with van der Waals surface area (Å²) in [7, 11) is -3.97. The van der Waals surface area contributed by atoms with Crippen LogP contribution >= 0.6 is 0 Å². The Bertz CT molecular complexity index is 1220. The van der Waals surface area contributed by atoms with Crippen LogP contribution in [0, 0.1) is 12.8 Å². The van der Waals surface area contributed by atoms with E-state index in [1.807, 2.05) is 19.1 Å². The molecule has 34 heavy (non-hydrogen) atoms. The normalized spacial score (nSPS) is 16.0. The minimum absolute atomic E-state index is 0.0868. The number of aryl methyl sites for hydroxylation is 1. The number of pyridine rings is 1. The van der Waals surface area contributed by atoms with Crippen molar-refractivity contribution in [2.24, 2.45) is 5.92 Å². The van der Waals surface area contributed by atoms with Crippen LogP contribution < -0.4 is 10.0 Å². The van der Waals surface area contributed by atoms with Crippen LogP contribution in [0.1, 0.15) is 38.2 Å². The van der Waals surface area contributed by atoms with Gasteiger partial charge in [0.2, 0.25) is 15.9 Å². The maximum Gasteiger partial charge on any atom is 0.243 e. The lowest BCUT2D eigenvalue weighted by Crippen LogP contribution is -2.50. The minimum atomic E-state index is -3.97. The van der Waals surface area contributed by atoms with E-state index >= 15 is 0 Å². The molecule has 1 aliphatic heterocycles. The number of fused-ring (bicyclic) bond motifs is 1. The zero-order chi connectivity index (χ0) is 24.1. The zero-order valence-corrected chi connectivity index (χ0v) is 20.4. The van der Waals surface area contributed by atoms with Crippen molar-refractivity contribution in [3.63, 3.8) is 0 Å². The van der Waals surface area contributed by atoms with E-state index in [9.17, 15) is 13.2 Å². The monoisotopic (exact) mass is 484 g/mol. The minimum Gasteiger partial charge on any atom is -0.356 e. The summed E-state index contributed by atoms with van der Waals surface area (Å²) >= 11 is 0.